The van der Waals surface area contributed by atoms with Crippen LogP contribution in [0.4, 0.5) is 0 Å². The van der Waals surface area contributed by atoms with Crippen LogP contribution in [0, 0.1) is 5.92 Å². The molecular formula is C14H24N2O. The fourth-order valence-corrected chi connectivity index (χ4v) is 2.79. The lowest BCUT2D eigenvalue weighted by molar-refractivity contribution is 0.148. The predicted octanol–water partition coefficient (Wildman–Crippen LogP) is 2.75. The molecule has 1 aliphatic rings. The SMILES string of the molecule is CC1CCCC(N(C)Cc2ccc(CN)o2)C1. The van der Waals surface area contributed by atoms with E-state index in [1.54, 1.807) is 0 Å². The van der Waals surface area contributed by atoms with Crippen LogP contribution in [0.5, 0.6) is 0 Å². The Labute approximate surface area is 104 Å². The summed E-state index contributed by atoms with van der Waals surface area (Å²) in [6.07, 6.45) is 5.40. The summed E-state index contributed by atoms with van der Waals surface area (Å²) >= 11 is 0. The topological polar surface area (TPSA) is 42.4 Å². The van der Waals surface area contributed by atoms with Gasteiger partial charge in [0.2, 0.25) is 0 Å². The Hall–Kier alpha value is -0.800. The summed E-state index contributed by atoms with van der Waals surface area (Å²) in [5.74, 6) is 2.78. The zero-order chi connectivity index (χ0) is 12.3. The van der Waals surface area contributed by atoms with Gasteiger partial charge in [-0.15, -0.1) is 0 Å². The maximum Gasteiger partial charge on any atom is 0.118 e. The molecule has 0 bridgehead atoms. The summed E-state index contributed by atoms with van der Waals surface area (Å²) < 4.78 is 5.65. The molecule has 96 valence electrons. The van der Waals surface area contributed by atoms with Gasteiger partial charge < -0.3 is 10.2 Å². The van der Waals surface area contributed by atoms with Crippen molar-refractivity contribution in [3.05, 3.63) is 23.7 Å². The molecule has 0 aliphatic heterocycles. The molecule has 17 heavy (non-hydrogen) atoms. The Kier molecular flexibility index (Phi) is 4.24. The quantitative estimate of drug-likeness (QED) is 0.874. The van der Waals surface area contributed by atoms with Crippen molar-refractivity contribution in [2.45, 2.75) is 51.7 Å². The zero-order valence-electron chi connectivity index (χ0n) is 11.0. The monoisotopic (exact) mass is 236 g/mol. The summed E-state index contributed by atoms with van der Waals surface area (Å²) in [6, 6.07) is 4.74. The molecule has 1 heterocycles. The highest BCUT2D eigenvalue weighted by Crippen LogP contribution is 2.27. The van der Waals surface area contributed by atoms with Gasteiger partial charge in [-0.05, 0) is 37.9 Å². The van der Waals surface area contributed by atoms with Crippen molar-refractivity contribution in [1.29, 1.82) is 0 Å². The molecule has 2 unspecified atom stereocenters. The molecule has 0 spiro atoms. The van der Waals surface area contributed by atoms with Gasteiger partial charge >= 0.3 is 0 Å². The minimum Gasteiger partial charge on any atom is -0.463 e. The Morgan fingerprint density at radius 3 is 2.76 bits per heavy atom. The molecule has 2 atom stereocenters. The zero-order valence-corrected chi connectivity index (χ0v) is 11.0. The van der Waals surface area contributed by atoms with Crippen molar-refractivity contribution in [1.82, 2.24) is 4.90 Å². The molecule has 1 aromatic rings. The van der Waals surface area contributed by atoms with Crippen LogP contribution < -0.4 is 5.73 Å². The van der Waals surface area contributed by atoms with Crippen molar-refractivity contribution in [2.24, 2.45) is 11.7 Å². The summed E-state index contributed by atoms with van der Waals surface area (Å²) in [4.78, 5) is 2.43. The van der Waals surface area contributed by atoms with E-state index in [0.717, 1.165) is 24.0 Å². The van der Waals surface area contributed by atoms with Gasteiger partial charge in [-0.2, -0.15) is 0 Å². The van der Waals surface area contributed by atoms with Crippen molar-refractivity contribution >= 4 is 0 Å². The highest BCUT2D eigenvalue weighted by molar-refractivity contribution is 5.06. The van der Waals surface area contributed by atoms with Crippen LogP contribution in [-0.2, 0) is 13.1 Å². The van der Waals surface area contributed by atoms with Gasteiger partial charge in [0.25, 0.3) is 0 Å². The molecule has 1 fully saturated rings. The molecule has 2 rings (SSSR count). The highest BCUT2D eigenvalue weighted by atomic mass is 16.3. The van der Waals surface area contributed by atoms with Gasteiger partial charge in [-0.25, -0.2) is 0 Å². The van der Waals surface area contributed by atoms with Crippen LogP contribution in [0.15, 0.2) is 16.5 Å². The number of rotatable bonds is 4. The molecule has 0 radical (unpaired) electrons. The fourth-order valence-electron chi connectivity index (χ4n) is 2.79. The average molecular weight is 236 g/mol. The van der Waals surface area contributed by atoms with Crippen LogP contribution in [0.3, 0.4) is 0 Å². The van der Waals surface area contributed by atoms with Gasteiger partial charge in [0.15, 0.2) is 0 Å². The van der Waals surface area contributed by atoms with Crippen LogP contribution in [0.25, 0.3) is 0 Å². The second kappa shape index (κ2) is 5.69. The van der Waals surface area contributed by atoms with Crippen LogP contribution >= 0.6 is 0 Å². The third kappa shape index (κ3) is 3.33. The Bertz CT molecular complexity index is 348. The van der Waals surface area contributed by atoms with Gasteiger partial charge in [-0.1, -0.05) is 19.8 Å². The van der Waals surface area contributed by atoms with E-state index in [0.29, 0.717) is 12.6 Å². The molecule has 2 N–H and O–H groups in total. The first-order valence-corrected chi connectivity index (χ1v) is 6.67. The lowest BCUT2D eigenvalue weighted by Gasteiger charge is -2.33. The molecular weight excluding hydrogens is 212 g/mol. The van der Waals surface area contributed by atoms with Crippen molar-refractivity contribution in [3.63, 3.8) is 0 Å². The van der Waals surface area contributed by atoms with E-state index in [4.69, 9.17) is 10.2 Å². The number of furan rings is 1. The van der Waals surface area contributed by atoms with Crippen molar-refractivity contribution in [2.75, 3.05) is 7.05 Å². The van der Waals surface area contributed by atoms with Gasteiger partial charge in [0.05, 0.1) is 13.1 Å². The molecule has 3 nitrogen and oxygen atoms in total. The fraction of sp³-hybridized carbons (Fsp3) is 0.714. The number of nitrogens with zero attached hydrogens (tertiary/aromatic N) is 1. The number of hydrogen-bond donors (Lipinski definition) is 1. The second-order valence-electron chi connectivity index (χ2n) is 5.41. The summed E-state index contributed by atoms with van der Waals surface area (Å²) in [5.41, 5.74) is 5.55. The van der Waals surface area contributed by atoms with E-state index in [1.165, 1.54) is 25.7 Å². The normalized spacial score (nSPS) is 25.4. The van der Waals surface area contributed by atoms with Gasteiger partial charge in [0, 0.05) is 6.04 Å². The smallest absolute Gasteiger partial charge is 0.118 e. The lowest BCUT2D eigenvalue weighted by Crippen LogP contribution is -2.34. The first kappa shape index (κ1) is 12.7. The van der Waals surface area contributed by atoms with Crippen LogP contribution in [0.1, 0.15) is 44.1 Å². The van der Waals surface area contributed by atoms with E-state index >= 15 is 0 Å². The maximum absolute atomic E-state index is 5.65. The van der Waals surface area contributed by atoms with E-state index in [-0.39, 0.29) is 0 Å². The van der Waals surface area contributed by atoms with Gasteiger partial charge in [0.1, 0.15) is 11.5 Å². The Morgan fingerprint density at radius 1 is 1.35 bits per heavy atom. The van der Waals surface area contributed by atoms with Crippen molar-refractivity contribution in [3.8, 4) is 0 Å². The van der Waals surface area contributed by atoms with Crippen molar-refractivity contribution < 1.29 is 4.42 Å². The molecule has 1 saturated carbocycles. The number of nitrogens with two attached hydrogens (primary N) is 1. The third-order valence-electron chi connectivity index (χ3n) is 3.86. The minimum atomic E-state index is 0.490. The maximum atomic E-state index is 5.65. The molecule has 1 aromatic heterocycles. The summed E-state index contributed by atoms with van der Waals surface area (Å²) in [5, 5.41) is 0. The highest BCUT2D eigenvalue weighted by Gasteiger charge is 2.22. The lowest BCUT2D eigenvalue weighted by atomic mass is 9.86. The Morgan fingerprint density at radius 2 is 2.12 bits per heavy atom. The summed E-state index contributed by atoms with van der Waals surface area (Å²) in [6.45, 7) is 3.75. The summed E-state index contributed by atoms with van der Waals surface area (Å²) in [7, 11) is 2.20. The average Bonchev–Trinajstić information content (AvgIpc) is 2.77. The molecule has 0 aromatic carbocycles. The largest absolute Gasteiger partial charge is 0.463 e. The molecule has 0 saturated heterocycles. The molecule has 1 aliphatic carbocycles. The van der Waals surface area contributed by atoms with E-state index in [2.05, 4.69) is 18.9 Å². The molecule has 0 amide bonds. The van der Waals surface area contributed by atoms with E-state index in [9.17, 15) is 0 Å². The van der Waals surface area contributed by atoms with Crippen LogP contribution in [-0.4, -0.2) is 18.0 Å². The standard InChI is InChI=1S/C14H24N2O/c1-11-4-3-5-12(8-11)16(2)10-14-7-6-13(9-15)17-14/h6-7,11-12H,3-5,8-10,15H2,1-2H3. The molecule has 3 heteroatoms. The minimum absolute atomic E-state index is 0.490. The third-order valence-corrected chi connectivity index (χ3v) is 3.86. The van der Waals surface area contributed by atoms with Crippen LogP contribution in [0.2, 0.25) is 0 Å². The Balaban J connectivity index is 1.89. The second-order valence-corrected chi connectivity index (χ2v) is 5.41. The van der Waals surface area contributed by atoms with E-state index < -0.39 is 0 Å². The van der Waals surface area contributed by atoms with Gasteiger partial charge in [-0.3, -0.25) is 4.90 Å². The number of hydrogen-bond acceptors (Lipinski definition) is 3. The first-order chi connectivity index (χ1) is 8.19. The first-order valence-electron chi connectivity index (χ1n) is 6.67. The van der Waals surface area contributed by atoms with E-state index in [1.807, 2.05) is 12.1 Å². The predicted molar refractivity (Wildman–Crippen MR) is 69.5 cm³/mol.